The Morgan fingerprint density at radius 2 is 0.366 bits per heavy atom. The van der Waals surface area contributed by atoms with Crippen molar-refractivity contribution in [3.63, 3.8) is 0 Å². The molecule has 0 spiro atoms. The molecule has 0 unspecified atom stereocenters. The maximum Gasteiger partial charge on any atom is 0.347 e. The fraction of sp³-hybridized carbons (Fsp3) is 0. The van der Waals surface area contributed by atoms with Gasteiger partial charge in [0.1, 0.15) is 11.5 Å². The summed E-state index contributed by atoms with van der Waals surface area (Å²) in [5, 5.41) is 0. The Morgan fingerprint density at radius 1 is 0.197 bits per heavy atom. The van der Waals surface area contributed by atoms with E-state index in [1.165, 1.54) is 0 Å². The summed E-state index contributed by atoms with van der Waals surface area (Å²) in [5.74, 6) is -1.63. The van der Waals surface area contributed by atoms with Crippen LogP contribution in [0.4, 0.5) is 0 Å². The molecule has 2 aliphatic heterocycles. The summed E-state index contributed by atoms with van der Waals surface area (Å²) in [4.78, 5) is 55.4. The van der Waals surface area contributed by atoms with Crippen molar-refractivity contribution in [3.8, 4) is 101 Å². The van der Waals surface area contributed by atoms with Crippen molar-refractivity contribution in [2.45, 2.75) is 0 Å². The third-order valence-electron chi connectivity index (χ3n) is 13.1. The van der Waals surface area contributed by atoms with Crippen LogP contribution in [0.2, 0.25) is 0 Å². The van der Waals surface area contributed by atoms with E-state index in [4.69, 9.17) is 14.2 Å². The molecule has 7 nitrogen and oxygen atoms in total. The second-order valence-corrected chi connectivity index (χ2v) is 17.2. The molecule has 0 bridgehead atoms. The third kappa shape index (κ3) is 7.41. The van der Waals surface area contributed by atoms with E-state index in [9.17, 15) is 19.2 Å². The minimum absolute atomic E-state index is 0.226. The van der Waals surface area contributed by atoms with Crippen LogP contribution in [-0.4, -0.2) is 23.9 Å². The van der Waals surface area contributed by atoms with Crippen molar-refractivity contribution >= 4 is 23.9 Å². The molecule has 12 rings (SSSR count). The molecule has 10 aromatic carbocycles. The van der Waals surface area contributed by atoms with Crippen molar-refractivity contribution in [2.75, 3.05) is 0 Å². The summed E-state index contributed by atoms with van der Waals surface area (Å²) in [5.41, 5.74) is 12.8. The van der Waals surface area contributed by atoms with Crippen LogP contribution in [0.5, 0.6) is 11.5 Å². The lowest BCUT2D eigenvalue weighted by atomic mass is 9.77. The Balaban J connectivity index is 1.01. The average molecular weight is 919 g/mol. The van der Waals surface area contributed by atoms with Crippen LogP contribution in [0.1, 0.15) is 41.4 Å². The Bertz CT molecular complexity index is 3480. The number of cyclic esters (lactones) is 4. The first-order valence-electron chi connectivity index (χ1n) is 23.1. The van der Waals surface area contributed by atoms with Crippen molar-refractivity contribution in [1.82, 2.24) is 0 Å². The van der Waals surface area contributed by atoms with Gasteiger partial charge in [0.05, 0.1) is 22.3 Å². The third-order valence-corrected chi connectivity index (χ3v) is 13.1. The minimum atomic E-state index is -0.693. The maximum atomic E-state index is 13.9. The van der Waals surface area contributed by atoms with Gasteiger partial charge < -0.3 is 14.2 Å². The molecule has 0 fully saturated rings. The molecule has 0 radical (unpaired) electrons. The lowest BCUT2D eigenvalue weighted by molar-refractivity contribution is 0.0426. The molecular weight excluding hydrogens is 881 g/mol. The predicted molar refractivity (Wildman–Crippen MR) is 276 cm³/mol. The zero-order chi connectivity index (χ0) is 48.0. The van der Waals surface area contributed by atoms with Gasteiger partial charge >= 0.3 is 23.9 Å². The summed E-state index contributed by atoms with van der Waals surface area (Å²) in [7, 11) is 0. The maximum absolute atomic E-state index is 13.9. The second-order valence-electron chi connectivity index (χ2n) is 17.2. The van der Waals surface area contributed by atoms with Crippen molar-refractivity contribution in [2.24, 2.45) is 0 Å². The quantitative estimate of drug-likeness (QED) is 0.0996. The number of esters is 4. The van der Waals surface area contributed by atoms with Crippen molar-refractivity contribution in [3.05, 3.63) is 253 Å². The highest BCUT2D eigenvalue weighted by Crippen LogP contribution is 2.54. The van der Waals surface area contributed by atoms with Gasteiger partial charge in [-0.05, 0) is 91.0 Å². The van der Waals surface area contributed by atoms with E-state index in [1.54, 1.807) is 0 Å². The van der Waals surface area contributed by atoms with Crippen LogP contribution in [0, 0.1) is 0 Å². The number of benzene rings is 10. The molecule has 10 aromatic rings. The zero-order valence-corrected chi connectivity index (χ0v) is 37.8. The van der Waals surface area contributed by atoms with Crippen LogP contribution in [-0.2, 0) is 9.47 Å². The monoisotopic (exact) mass is 918 g/mol. The highest BCUT2D eigenvalue weighted by Gasteiger charge is 2.42. The molecule has 0 amide bonds. The fourth-order valence-electron chi connectivity index (χ4n) is 10.1. The van der Waals surface area contributed by atoms with Crippen LogP contribution in [0.3, 0.4) is 0 Å². The summed E-state index contributed by atoms with van der Waals surface area (Å²) >= 11 is 0. The Labute approximate surface area is 408 Å². The van der Waals surface area contributed by atoms with E-state index in [2.05, 4.69) is 0 Å². The smallest absolute Gasteiger partial charge is 0.347 e. The van der Waals surface area contributed by atoms with E-state index < -0.39 is 23.9 Å². The molecule has 0 N–H and O–H groups in total. The Kier molecular flexibility index (Phi) is 10.6. The van der Waals surface area contributed by atoms with Crippen LogP contribution in [0.15, 0.2) is 231 Å². The van der Waals surface area contributed by atoms with Gasteiger partial charge in [0.25, 0.3) is 0 Å². The number of carbonyl (C=O) groups is 4. The molecule has 2 aliphatic rings. The van der Waals surface area contributed by atoms with Crippen molar-refractivity contribution in [1.29, 1.82) is 0 Å². The number of hydrogen-bond donors (Lipinski definition) is 0. The summed E-state index contributed by atoms with van der Waals surface area (Å²) in [6.45, 7) is 0. The van der Waals surface area contributed by atoms with E-state index >= 15 is 0 Å². The van der Waals surface area contributed by atoms with E-state index in [0.717, 1.165) is 66.8 Å². The number of fused-ring (bicyclic) bond motifs is 2. The van der Waals surface area contributed by atoms with Gasteiger partial charge in [-0.15, -0.1) is 0 Å². The molecule has 2 heterocycles. The van der Waals surface area contributed by atoms with Gasteiger partial charge in [0.2, 0.25) is 0 Å². The zero-order valence-electron chi connectivity index (χ0n) is 37.8. The van der Waals surface area contributed by atoms with Gasteiger partial charge in [0, 0.05) is 22.3 Å². The lowest BCUT2D eigenvalue weighted by Gasteiger charge is -2.23. The Morgan fingerprint density at radius 3 is 0.563 bits per heavy atom. The number of rotatable bonds is 10. The lowest BCUT2D eigenvalue weighted by Crippen LogP contribution is -2.05. The first-order valence-corrected chi connectivity index (χ1v) is 23.1. The molecule has 336 valence electrons. The van der Waals surface area contributed by atoms with Crippen LogP contribution in [0.25, 0.3) is 89.0 Å². The SMILES string of the molecule is O=C1OC(=O)c2c1c(-c1ccccc1)c(-c1ccccc1)c(-c1ccc(Oc3ccc(-c4c(-c5ccccc5)c5c(c(-c6ccccc6)c4-c4ccccc4)C(=O)OC5=O)cc3)cc1)c2-c1ccccc1. The molecule has 0 aliphatic carbocycles. The van der Waals surface area contributed by atoms with Crippen LogP contribution >= 0.6 is 0 Å². The van der Waals surface area contributed by atoms with Crippen LogP contribution < -0.4 is 4.74 Å². The molecular formula is C64H38O7. The van der Waals surface area contributed by atoms with Gasteiger partial charge in [-0.2, -0.15) is 0 Å². The molecule has 0 atom stereocenters. The van der Waals surface area contributed by atoms with E-state index in [-0.39, 0.29) is 22.3 Å². The summed E-state index contributed by atoms with van der Waals surface area (Å²) < 4.78 is 17.5. The first-order chi connectivity index (χ1) is 34.9. The van der Waals surface area contributed by atoms with Gasteiger partial charge in [-0.1, -0.05) is 206 Å². The second kappa shape index (κ2) is 17.7. The van der Waals surface area contributed by atoms with Gasteiger partial charge in [-0.25, -0.2) is 19.2 Å². The molecule has 7 heteroatoms. The molecule has 71 heavy (non-hydrogen) atoms. The normalized spacial score (nSPS) is 12.6. The topological polar surface area (TPSA) is 96.0 Å². The summed E-state index contributed by atoms with van der Waals surface area (Å²) in [6, 6.07) is 73.7. The molecule has 0 saturated heterocycles. The van der Waals surface area contributed by atoms with E-state index in [1.807, 2.05) is 231 Å². The van der Waals surface area contributed by atoms with Gasteiger partial charge in [0.15, 0.2) is 0 Å². The number of hydrogen-bond acceptors (Lipinski definition) is 7. The Hall–Kier alpha value is -9.72. The molecule has 0 saturated carbocycles. The summed E-state index contributed by atoms with van der Waals surface area (Å²) in [6.07, 6.45) is 0. The highest BCUT2D eigenvalue weighted by molar-refractivity contribution is 6.27. The standard InChI is InChI=1S/C64H38O7/c65-61-57-53(41-23-11-3-12-24-41)49(39-19-7-1-8-20-39)51(55(59(57)63(67)70-61)43-27-15-5-16-28-43)45-31-35-47(36-32-45)69-48-37-33-46(34-38-48)52-50(40-21-9-2-10-22-40)54(42-25-13-4-14-26-42)58-60(64(68)71-62(58)66)56(52)44-29-17-6-18-30-44/h1-38H. The molecule has 0 aromatic heterocycles. The number of carbonyl (C=O) groups excluding carboxylic acids is 4. The largest absolute Gasteiger partial charge is 0.457 e. The minimum Gasteiger partial charge on any atom is -0.457 e. The average Bonchev–Trinajstić information content (AvgIpc) is 3.90. The van der Waals surface area contributed by atoms with Gasteiger partial charge in [-0.3, -0.25) is 0 Å². The first kappa shape index (κ1) is 42.6. The van der Waals surface area contributed by atoms with E-state index in [0.29, 0.717) is 33.8 Å². The number of ether oxygens (including phenoxy) is 3. The fourth-order valence-corrected chi connectivity index (χ4v) is 10.1. The highest BCUT2D eigenvalue weighted by atomic mass is 16.6. The van der Waals surface area contributed by atoms with Crippen molar-refractivity contribution < 1.29 is 33.4 Å². The predicted octanol–water partition coefficient (Wildman–Crippen LogP) is 15.4.